The number of hydrogen-bond donors (Lipinski definition) is 1. The summed E-state index contributed by atoms with van der Waals surface area (Å²) >= 11 is 0. The molecular weight excluding hydrogens is 266 g/mol. The van der Waals surface area contributed by atoms with E-state index < -0.39 is 0 Å². The highest BCUT2D eigenvalue weighted by molar-refractivity contribution is 5.96. The Morgan fingerprint density at radius 1 is 0.952 bits per heavy atom. The molecule has 4 heteroatoms. The second kappa shape index (κ2) is 7.24. The first-order valence-electron chi connectivity index (χ1n) is 6.80. The Kier molecular flexibility index (Phi) is 5.10. The Morgan fingerprint density at radius 2 is 1.57 bits per heavy atom. The van der Waals surface area contributed by atoms with Crippen LogP contribution in [0.25, 0.3) is 0 Å². The van der Waals surface area contributed by atoms with Gasteiger partial charge in [-0.2, -0.15) is 0 Å². The van der Waals surface area contributed by atoms with Gasteiger partial charge in [-0.1, -0.05) is 30.3 Å². The van der Waals surface area contributed by atoms with Gasteiger partial charge in [-0.15, -0.1) is 0 Å². The second-order valence-electron chi connectivity index (χ2n) is 4.47. The number of rotatable bonds is 5. The van der Waals surface area contributed by atoms with Crippen LogP contribution in [0.15, 0.2) is 54.6 Å². The van der Waals surface area contributed by atoms with E-state index in [4.69, 9.17) is 4.74 Å². The van der Waals surface area contributed by atoms with Crippen molar-refractivity contribution in [3.63, 3.8) is 0 Å². The van der Waals surface area contributed by atoms with Gasteiger partial charge in [0.15, 0.2) is 0 Å². The fourth-order valence-electron chi connectivity index (χ4n) is 1.85. The number of amides is 1. The molecule has 0 aromatic heterocycles. The monoisotopic (exact) mass is 283 g/mol. The van der Waals surface area contributed by atoms with Gasteiger partial charge < -0.3 is 10.1 Å². The quantitative estimate of drug-likeness (QED) is 0.858. The van der Waals surface area contributed by atoms with E-state index in [0.717, 1.165) is 5.56 Å². The molecule has 0 atom stereocenters. The van der Waals surface area contributed by atoms with E-state index in [2.05, 4.69) is 5.32 Å². The molecule has 0 aliphatic rings. The van der Waals surface area contributed by atoms with Crippen molar-refractivity contribution in [1.29, 1.82) is 0 Å². The van der Waals surface area contributed by atoms with E-state index in [-0.39, 0.29) is 11.9 Å². The summed E-state index contributed by atoms with van der Waals surface area (Å²) in [6.07, 6.45) is 0. The fourth-order valence-corrected chi connectivity index (χ4v) is 1.85. The Morgan fingerprint density at radius 3 is 2.19 bits per heavy atom. The smallest absolute Gasteiger partial charge is 0.338 e. The van der Waals surface area contributed by atoms with Crippen molar-refractivity contribution < 1.29 is 14.3 Å². The zero-order chi connectivity index (χ0) is 15.1. The highest BCUT2D eigenvalue weighted by Gasteiger charge is 2.09. The van der Waals surface area contributed by atoms with Crippen LogP contribution in [0.4, 0.5) is 0 Å². The molecule has 2 aromatic rings. The average molecular weight is 283 g/mol. The number of hydrogen-bond acceptors (Lipinski definition) is 3. The maximum Gasteiger partial charge on any atom is 0.338 e. The minimum atomic E-state index is -0.381. The van der Waals surface area contributed by atoms with Gasteiger partial charge >= 0.3 is 5.97 Å². The minimum Gasteiger partial charge on any atom is -0.462 e. The first-order valence-corrected chi connectivity index (χ1v) is 6.80. The molecule has 0 aliphatic heterocycles. The van der Waals surface area contributed by atoms with Crippen LogP contribution >= 0.6 is 0 Å². The van der Waals surface area contributed by atoms with Gasteiger partial charge in [-0.3, -0.25) is 4.79 Å². The van der Waals surface area contributed by atoms with Gasteiger partial charge in [0.25, 0.3) is 5.91 Å². The Labute approximate surface area is 123 Å². The van der Waals surface area contributed by atoms with Crippen LogP contribution in [-0.4, -0.2) is 18.5 Å². The molecule has 0 aliphatic carbocycles. The van der Waals surface area contributed by atoms with Crippen LogP contribution in [0, 0.1) is 0 Å². The maximum absolute atomic E-state index is 12.0. The van der Waals surface area contributed by atoms with E-state index >= 15 is 0 Å². The van der Waals surface area contributed by atoms with E-state index in [0.29, 0.717) is 24.3 Å². The normalized spacial score (nSPS) is 9.95. The summed E-state index contributed by atoms with van der Waals surface area (Å²) in [5, 5.41) is 2.83. The van der Waals surface area contributed by atoms with Gasteiger partial charge in [0.2, 0.25) is 0 Å². The lowest BCUT2D eigenvalue weighted by Gasteiger charge is -2.06. The summed E-state index contributed by atoms with van der Waals surface area (Å²) in [6.45, 7) is 2.56. The first-order chi connectivity index (χ1) is 10.2. The van der Waals surface area contributed by atoms with Crippen molar-refractivity contribution in [1.82, 2.24) is 5.32 Å². The van der Waals surface area contributed by atoms with Crippen LogP contribution in [0.3, 0.4) is 0 Å². The van der Waals surface area contributed by atoms with E-state index in [9.17, 15) is 9.59 Å². The number of carbonyl (C=O) groups is 2. The summed E-state index contributed by atoms with van der Waals surface area (Å²) < 4.78 is 4.89. The summed E-state index contributed by atoms with van der Waals surface area (Å²) in [4.78, 5) is 23.5. The van der Waals surface area contributed by atoms with Crippen molar-refractivity contribution in [3.8, 4) is 0 Å². The van der Waals surface area contributed by atoms with Gasteiger partial charge in [0, 0.05) is 12.1 Å². The lowest BCUT2D eigenvalue weighted by molar-refractivity contribution is 0.0526. The van der Waals surface area contributed by atoms with Crippen LogP contribution in [0.1, 0.15) is 33.2 Å². The van der Waals surface area contributed by atoms with Crippen molar-refractivity contribution in [2.24, 2.45) is 0 Å². The lowest BCUT2D eigenvalue weighted by Crippen LogP contribution is -2.22. The van der Waals surface area contributed by atoms with Gasteiger partial charge in [0.05, 0.1) is 12.2 Å². The number of ether oxygens (including phenoxy) is 1. The molecule has 2 rings (SSSR count). The first kappa shape index (κ1) is 14.8. The molecule has 0 saturated carbocycles. The van der Waals surface area contributed by atoms with Crippen molar-refractivity contribution >= 4 is 11.9 Å². The molecule has 1 N–H and O–H groups in total. The van der Waals surface area contributed by atoms with Crippen LogP contribution in [0.5, 0.6) is 0 Å². The molecule has 21 heavy (non-hydrogen) atoms. The molecule has 0 spiro atoms. The molecule has 0 bridgehead atoms. The lowest BCUT2D eigenvalue weighted by atomic mass is 10.1. The van der Waals surface area contributed by atoms with Crippen LogP contribution in [0.2, 0.25) is 0 Å². The molecular formula is C17H17NO3. The topological polar surface area (TPSA) is 55.4 Å². The Hall–Kier alpha value is -2.62. The standard InChI is InChI=1S/C17H17NO3/c1-2-21-17(20)15-10-8-14(9-11-15)16(19)18-12-13-6-4-3-5-7-13/h3-11H,2,12H2,1H3,(H,18,19). The average Bonchev–Trinajstić information content (AvgIpc) is 2.54. The highest BCUT2D eigenvalue weighted by atomic mass is 16.5. The molecule has 0 fully saturated rings. The summed E-state index contributed by atoms with van der Waals surface area (Å²) in [7, 11) is 0. The molecule has 0 saturated heterocycles. The van der Waals surface area contributed by atoms with Gasteiger partial charge in [-0.05, 0) is 36.8 Å². The molecule has 1 amide bonds. The SMILES string of the molecule is CCOC(=O)c1ccc(C(=O)NCc2ccccc2)cc1. The van der Waals surface area contributed by atoms with Crippen molar-refractivity contribution in [2.45, 2.75) is 13.5 Å². The maximum atomic E-state index is 12.0. The largest absolute Gasteiger partial charge is 0.462 e. The van der Waals surface area contributed by atoms with Crippen LogP contribution in [-0.2, 0) is 11.3 Å². The van der Waals surface area contributed by atoms with E-state index in [1.807, 2.05) is 30.3 Å². The summed E-state index contributed by atoms with van der Waals surface area (Å²) in [6, 6.07) is 16.1. The molecule has 0 heterocycles. The predicted octanol–water partition coefficient (Wildman–Crippen LogP) is 2.79. The van der Waals surface area contributed by atoms with Gasteiger partial charge in [-0.25, -0.2) is 4.79 Å². The number of carbonyl (C=O) groups excluding carboxylic acids is 2. The summed E-state index contributed by atoms with van der Waals surface area (Å²) in [5.41, 5.74) is 1.99. The van der Waals surface area contributed by atoms with Crippen LogP contribution < -0.4 is 5.32 Å². The number of esters is 1. The Bertz CT molecular complexity index is 606. The molecule has 2 aromatic carbocycles. The predicted molar refractivity (Wildman–Crippen MR) is 80.0 cm³/mol. The van der Waals surface area contributed by atoms with Crippen molar-refractivity contribution in [2.75, 3.05) is 6.61 Å². The Balaban J connectivity index is 1.95. The number of nitrogens with one attached hydrogen (secondary N) is 1. The zero-order valence-electron chi connectivity index (χ0n) is 11.8. The third-order valence-electron chi connectivity index (χ3n) is 2.95. The number of benzene rings is 2. The van der Waals surface area contributed by atoms with E-state index in [1.54, 1.807) is 31.2 Å². The summed E-state index contributed by atoms with van der Waals surface area (Å²) in [5.74, 6) is -0.553. The van der Waals surface area contributed by atoms with E-state index in [1.165, 1.54) is 0 Å². The highest BCUT2D eigenvalue weighted by Crippen LogP contribution is 2.07. The molecule has 4 nitrogen and oxygen atoms in total. The molecule has 108 valence electrons. The minimum absolute atomic E-state index is 0.172. The second-order valence-corrected chi connectivity index (χ2v) is 4.47. The van der Waals surface area contributed by atoms with Gasteiger partial charge in [0.1, 0.15) is 0 Å². The molecule has 0 unspecified atom stereocenters. The fraction of sp³-hybridized carbons (Fsp3) is 0.176. The van der Waals surface area contributed by atoms with Crippen molar-refractivity contribution in [3.05, 3.63) is 71.3 Å². The third kappa shape index (κ3) is 4.18. The molecule has 0 radical (unpaired) electrons. The zero-order valence-corrected chi connectivity index (χ0v) is 11.8. The third-order valence-corrected chi connectivity index (χ3v) is 2.95.